The van der Waals surface area contributed by atoms with Crippen LogP contribution in [-0.4, -0.2) is 37.8 Å². The number of methoxy groups -OCH3 is 1. The Morgan fingerprint density at radius 3 is 2.36 bits per heavy atom. The Kier molecular flexibility index (Phi) is 10.6. The Morgan fingerprint density at radius 2 is 1.75 bits per heavy atom. The lowest BCUT2D eigenvalue weighted by atomic mass is 9.97. The van der Waals surface area contributed by atoms with Gasteiger partial charge in [0.2, 0.25) is 0 Å². The Balaban J connectivity index is 3.01. The van der Waals surface area contributed by atoms with Crippen LogP contribution in [0.4, 0.5) is 5.69 Å². The number of anilines is 1. The summed E-state index contributed by atoms with van der Waals surface area (Å²) in [6.45, 7) is 9.02. The molecule has 1 aromatic carbocycles. The molecule has 0 aliphatic heterocycles. The van der Waals surface area contributed by atoms with Crippen molar-refractivity contribution in [3.8, 4) is 5.75 Å². The van der Waals surface area contributed by atoms with E-state index in [1.54, 1.807) is 18.2 Å². The van der Waals surface area contributed by atoms with E-state index in [-0.39, 0.29) is 5.91 Å². The van der Waals surface area contributed by atoms with Crippen LogP contribution in [0.25, 0.3) is 0 Å². The van der Waals surface area contributed by atoms with Gasteiger partial charge in [0.25, 0.3) is 5.91 Å². The maximum atomic E-state index is 12.9. The van der Waals surface area contributed by atoms with Crippen molar-refractivity contribution < 1.29 is 23.8 Å². The second-order valence-corrected chi connectivity index (χ2v) is 7.04. The number of hydrogen-bond donors (Lipinski definition) is 1. The van der Waals surface area contributed by atoms with Crippen LogP contribution in [0.5, 0.6) is 5.75 Å². The fraction of sp³-hybridized carbons (Fsp3) is 0.636. The molecule has 1 N–H and O–H groups in total. The second-order valence-electron chi connectivity index (χ2n) is 7.04. The minimum Gasteiger partial charge on any atom is -0.493 e. The van der Waals surface area contributed by atoms with Crippen LogP contribution < -0.4 is 10.1 Å². The molecule has 0 aliphatic carbocycles. The summed E-state index contributed by atoms with van der Waals surface area (Å²) in [6, 6.07) is 5.00. The molecular weight excluding hydrogens is 358 g/mol. The quantitative estimate of drug-likeness (QED) is 0.378. The van der Waals surface area contributed by atoms with Crippen molar-refractivity contribution in [3.05, 3.63) is 23.8 Å². The van der Waals surface area contributed by atoms with E-state index in [1.165, 1.54) is 7.11 Å². The number of rotatable bonds is 13. The van der Waals surface area contributed by atoms with Gasteiger partial charge in [-0.1, -0.05) is 40.0 Å². The highest BCUT2D eigenvalue weighted by Crippen LogP contribution is 2.26. The molecule has 1 amide bonds. The van der Waals surface area contributed by atoms with Crippen molar-refractivity contribution in [1.82, 2.24) is 0 Å². The molecule has 158 valence electrons. The topological polar surface area (TPSA) is 73.9 Å². The Labute approximate surface area is 168 Å². The Hall–Kier alpha value is -2.08. The SMILES string of the molecule is CCCCOc1ccc(NC(=O)[C@](C)(CCCC)OCCC)cc1C(=O)OC. The molecule has 1 aromatic rings. The van der Waals surface area contributed by atoms with E-state index in [4.69, 9.17) is 14.2 Å². The molecule has 6 nitrogen and oxygen atoms in total. The molecule has 0 saturated heterocycles. The fourth-order valence-corrected chi connectivity index (χ4v) is 2.69. The molecule has 0 aromatic heterocycles. The van der Waals surface area contributed by atoms with Crippen LogP contribution >= 0.6 is 0 Å². The highest BCUT2D eigenvalue weighted by Gasteiger charge is 2.33. The van der Waals surface area contributed by atoms with E-state index in [0.717, 1.165) is 32.1 Å². The van der Waals surface area contributed by atoms with Crippen molar-refractivity contribution in [1.29, 1.82) is 0 Å². The zero-order valence-corrected chi connectivity index (χ0v) is 17.9. The van der Waals surface area contributed by atoms with E-state index in [1.807, 2.05) is 13.8 Å². The number of amides is 1. The lowest BCUT2D eigenvalue weighted by molar-refractivity contribution is -0.140. The van der Waals surface area contributed by atoms with Gasteiger partial charge in [0.15, 0.2) is 0 Å². The van der Waals surface area contributed by atoms with Gasteiger partial charge in [-0.25, -0.2) is 4.79 Å². The fourth-order valence-electron chi connectivity index (χ4n) is 2.69. The third-order valence-corrected chi connectivity index (χ3v) is 4.51. The van der Waals surface area contributed by atoms with Crippen LogP contribution in [0.1, 0.15) is 76.6 Å². The summed E-state index contributed by atoms with van der Waals surface area (Å²) in [6.07, 6.45) is 5.24. The first-order valence-electron chi connectivity index (χ1n) is 10.2. The predicted octanol–water partition coefficient (Wildman–Crippen LogP) is 4.97. The summed E-state index contributed by atoms with van der Waals surface area (Å²) >= 11 is 0. The standard InChI is InChI=1S/C22H35NO5/c1-6-9-13-22(4,28-14-8-3)21(25)23-17-11-12-19(27-15-10-7-2)18(16-17)20(24)26-5/h11-12,16H,6-10,13-15H2,1-5H3,(H,23,25)/t22-/m0/s1. The maximum absolute atomic E-state index is 12.9. The van der Waals surface area contributed by atoms with E-state index in [9.17, 15) is 9.59 Å². The van der Waals surface area contributed by atoms with Gasteiger partial charge in [0.05, 0.1) is 13.7 Å². The van der Waals surface area contributed by atoms with Crippen molar-refractivity contribution in [2.75, 3.05) is 25.6 Å². The zero-order chi connectivity index (χ0) is 21.0. The number of nitrogens with one attached hydrogen (secondary N) is 1. The number of benzene rings is 1. The molecular formula is C22H35NO5. The van der Waals surface area contributed by atoms with Gasteiger partial charge in [-0.2, -0.15) is 0 Å². The normalized spacial score (nSPS) is 12.9. The second kappa shape index (κ2) is 12.4. The molecule has 0 radical (unpaired) electrons. The molecule has 0 unspecified atom stereocenters. The minimum atomic E-state index is -0.909. The third-order valence-electron chi connectivity index (χ3n) is 4.51. The first-order valence-corrected chi connectivity index (χ1v) is 10.2. The largest absolute Gasteiger partial charge is 0.493 e. The van der Waals surface area contributed by atoms with E-state index < -0.39 is 11.6 Å². The van der Waals surface area contributed by atoms with E-state index in [2.05, 4.69) is 19.2 Å². The first-order chi connectivity index (χ1) is 13.4. The Bertz CT molecular complexity index is 621. The van der Waals surface area contributed by atoms with Crippen molar-refractivity contribution >= 4 is 17.6 Å². The van der Waals surface area contributed by atoms with Crippen LogP contribution in [-0.2, 0) is 14.3 Å². The zero-order valence-electron chi connectivity index (χ0n) is 17.9. The molecule has 0 aliphatic rings. The minimum absolute atomic E-state index is 0.218. The summed E-state index contributed by atoms with van der Waals surface area (Å²) in [5, 5.41) is 2.89. The van der Waals surface area contributed by atoms with Gasteiger partial charge >= 0.3 is 5.97 Å². The van der Waals surface area contributed by atoms with Gasteiger partial charge in [0, 0.05) is 12.3 Å². The summed E-state index contributed by atoms with van der Waals surface area (Å²) < 4.78 is 16.4. The lowest BCUT2D eigenvalue weighted by Gasteiger charge is -2.28. The molecule has 6 heteroatoms. The summed E-state index contributed by atoms with van der Waals surface area (Å²) in [4.78, 5) is 25.1. The molecule has 0 bridgehead atoms. The van der Waals surface area contributed by atoms with Gasteiger partial charge < -0.3 is 19.5 Å². The predicted molar refractivity (Wildman–Crippen MR) is 111 cm³/mol. The van der Waals surface area contributed by atoms with Gasteiger partial charge in [-0.05, 0) is 44.4 Å². The third kappa shape index (κ3) is 7.15. The Morgan fingerprint density at radius 1 is 1.04 bits per heavy atom. The van der Waals surface area contributed by atoms with Crippen LogP contribution in [0.3, 0.4) is 0 Å². The summed E-state index contributed by atoms with van der Waals surface area (Å²) in [7, 11) is 1.32. The molecule has 28 heavy (non-hydrogen) atoms. The van der Waals surface area contributed by atoms with Gasteiger partial charge in [-0.15, -0.1) is 0 Å². The highest BCUT2D eigenvalue weighted by atomic mass is 16.5. The molecule has 0 saturated carbocycles. The number of ether oxygens (including phenoxy) is 3. The van der Waals surface area contributed by atoms with Crippen LogP contribution in [0.2, 0.25) is 0 Å². The van der Waals surface area contributed by atoms with Crippen LogP contribution in [0, 0.1) is 0 Å². The number of hydrogen-bond acceptors (Lipinski definition) is 5. The molecule has 0 heterocycles. The molecule has 0 spiro atoms. The molecule has 0 fully saturated rings. The molecule has 1 rings (SSSR count). The summed E-state index contributed by atoms with van der Waals surface area (Å²) in [5.74, 6) is -0.266. The number of esters is 1. The average molecular weight is 394 g/mol. The number of carbonyl (C=O) groups excluding carboxylic acids is 2. The maximum Gasteiger partial charge on any atom is 0.341 e. The van der Waals surface area contributed by atoms with Gasteiger partial charge in [0.1, 0.15) is 16.9 Å². The average Bonchev–Trinajstić information content (AvgIpc) is 2.71. The van der Waals surface area contributed by atoms with Gasteiger partial charge in [-0.3, -0.25) is 4.79 Å². The van der Waals surface area contributed by atoms with E-state index >= 15 is 0 Å². The molecule has 1 atom stereocenters. The van der Waals surface area contributed by atoms with Crippen molar-refractivity contribution in [2.45, 2.75) is 71.8 Å². The van der Waals surface area contributed by atoms with Crippen molar-refractivity contribution in [3.63, 3.8) is 0 Å². The van der Waals surface area contributed by atoms with Crippen LogP contribution in [0.15, 0.2) is 18.2 Å². The number of carbonyl (C=O) groups is 2. The smallest absolute Gasteiger partial charge is 0.341 e. The lowest BCUT2D eigenvalue weighted by Crippen LogP contribution is -2.43. The highest BCUT2D eigenvalue weighted by molar-refractivity contribution is 5.99. The monoisotopic (exact) mass is 393 g/mol. The number of unbranched alkanes of at least 4 members (excludes halogenated alkanes) is 2. The van der Waals surface area contributed by atoms with Crippen molar-refractivity contribution in [2.24, 2.45) is 0 Å². The first kappa shape index (κ1) is 24.0. The summed E-state index contributed by atoms with van der Waals surface area (Å²) in [5.41, 5.74) is -0.106. The van der Waals surface area contributed by atoms with E-state index in [0.29, 0.717) is 36.6 Å².